The highest BCUT2D eigenvalue weighted by Crippen LogP contribution is 2.15. The first-order valence-corrected chi connectivity index (χ1v) is 5.96. The van der Waals surface area contributed by atoms with Crippen LogP contribution in [0.15, 0.2) is 41.6 Å². The topological polar surface area (TPSA) is 90.8 Å². The minimum atomic E-state index is -0.210. The number of pyridine rings is 1. The number of rotatable bonds is 5. The van der Waals surface area contributed by atoms with Crippen molar-refractivity contribution in [3.05, 3.63) is 52.7 Å². The number of hydrogen-bond donors (Lipinski definition) is 1. The van der Waals surface area contributed by atoms with Crippen molar-refractivity contribution in [3.63, 3.8) is 0 Å². The molecule has 6 nitrogen and oxygen atoms in total. The van der Waals surface area contributed by atoms with Gasteiger partial charge in [0.05, 0.1) is 0 Å². The van der Waals surface area contributed by atoms with E-state index < -0.39 is 0 Å². The molecule has 0 aliphatic carbocycles. The zero-order valence-corrected chi connectivity index (χ0v) is 10.3. The van der Waals surface area contributed by atoms with Gasteiger partial charge in [0, 0.05) is 29.6 Å². The van der Waals surface area contributed by atoms with E-state index in [0.29, 0.717) is 25.2 Å². The minimum Gasteiger partial charge on any atom is -0.351 e. The van der Waals surface area contributed by atoms with Crippen molar-refractivity contribution in [2.45, 2.75) is 6.42 Å². The van der Waals surface area contributed by atoms with Crippen molar-refractivity contribution < 1.29 is 4.79 Å². The Kier molecular flexibility index (Phi) is 4.31. The number of azide groups is 1. The summed E-state index contributed by atoms with van der Waals surface area (Å²) >= 11 is 0. The number of aromatic nitrogens is 1. The SMILES string of the molecule is [N-]=[N+]=NCCCNC(=O)c1nccc2ccccc12. The smallest absolute Gasteiger partial charge is 0.270 e. The Morgan fingerprint density at radius 1 is 1.37 bits per heavy atom. The van der Waals surface area contributed by atoms with E-state index in [1.807, 2.05) is 30.3 Å². The van der Waals surface area contributed by atoms with E-state index in [1.165, 1.54) is 0 Å². The molecule has 1 aromatic heterocycles. The van der Waals surface area contributed by atoms with Gasteiger partial charge in [-0.25, -0.2) is 0 Å². The fraction of sp³-hybridized carbons (Fsp3) is 0.231. The summed E-state index contributed by atoms with van der Waals surface area (Å²) in [6, 6.07) is 9.48. The van der Waals surface area contributed by atoms with Gasteiger partial charge in [-0.2, -0.15) is 0 Å². The lowest BCUT2D eigenvalue weighted by molar-refractivity contribution is 0.0950. The summed E-state index contributed by atoms with van der Waals surface area (Å²) in [6.45, 7) is 0.836. The Bertz CT molecular complexity index is 628. The Hall–Kier alpha value is -2.59. The summed E-state index contributed by atoms with van der Waals surface area (Å²) in [6.07, 6.45) is 2.23. The van der Waals surface area contributed by atoms with E-state index in [0.717, 1.165) is 10.8 Å². The Morgan fingerprint density at radius 2 is 2.21 bits per heavy atom. The third kappa shape index (κ3) is 3.20. The van der Waals surface area contributed by atoms with E-state index in [1.54, 1.807) is 6.20 Å². The fourth-order valence-electron chi connectivity index (χ4n) is 1.78. The number of nitrogens with zero attached hydrogens (tertiary/aromatic N) is 4. The van der Waals surface area contributed by atoms with Gasteiger partial charge >= 0.3 is 0 Å². The molecule has 0 spiro atoms. The van der Waals surface area contributed by atoms with Gasteiger partial charge < -0.3 is 5.32 Å². The molecule has 0 unspecified atom stereocenters. The lowest BCUT2D eigenvalue weighted by Gasteiger charge is -2.06. The molecule has 0 fully saturated rings. The highest BCUT2D eigenvalue weighted by atomic mass is 16.1. The molecule has 0 aliphatic heterocycles. The van der Waals surface area contributed by atoms with E-state index in [4.69, 9.17) is 5.53 Å². The van der Waals surface area contributed by atoms with E-state index in [-0.39, 0.29) is 5.91 Å². The van der Waals surface area contributed by atoms with Crippen molar-refractivity contribution in [1.82, 2.24) is 10.3 Å². The number of carbonyl (C=O) groups excluding carboxylic acids is 1. The first-order valence-electron chi connectivity index (χ1n) is 5.96. The number of fused-ring (bicyclic) bond motifs is 1. The lowest BCUT2D eigenvalue weighted by atomic mass is 10.1. The van der Waals surface area contributed by atoms with Crippen LogP contribution in [0.2, 0.25) is 0 Å². The van der Waals surface area contributed by atoms with Crippen molar-refractivity contribution in [3.8, 4) is 0 Å². The number of hydrogen-bond acceptors (Lipinski definition) is 3. The molecule has 0 aliphatic rings. The maximum Gasteiger partial charge on any atom is 0.270 e. The summed E-state index contributed by atoms with van der Waals surface area (Å²) in [7, 11) is 0. The van der Waals surface area contributed by atoms with Gasteiger partial charge in [0.15, 0.2) is 0 Å². The third-order valence-corrected chi connectivity index (χ3v) is 2.67. The normalized spacial score (nSPS) is 9.89. The molecular formula is C13H13N5O. The molecule has 1 N–H and O–H groups in total. The van der Waals surface area contributed by atoms with Crippen LogP contribution < -0.4 is 5.32 Å². The minimum absolute atomic E-state index is 0.210. The van der Waals surface area contributed by atoms with Crippen LogP contribution >= 0.6 is 0 Å². The average molecular weight is 255 g/mol. The molecular weight excluding hydrogens is 242 g/mol. The van der Waals surface area contributed by atoms with Gasteiger partial charge in [0.25, 0.3) is 5.91 Å². The predicted octanol–water partition coefficient (Wildman–Crippen LogP) is 2.67. The molecule has 96 valence electrons. The molecule has 1 heterocycles. The van der Waals surface area contributed by atoms with Crippen LogP contribution in [0.5, 0.6) is 0 Å². The zero-order chi connectivity index (χ0) is 13.5. The number of benzene rings is 1. The zero-order valence-electron chi connectivity index (χ0n) is 10.3. The maximum absolute atomic E-state index is 12.0. The molecule has 0 saturated heterocycles. The summed E-state index contributed by atoms with van der Waals surface area (Å²) in [5.41, 5.74) is 8.55. The second-order valence-electron chi connectivity index (χ2n) is 3.94. The van der Waals surface area contributed by atoms with Crippen LogP contribution in [-0.2, 0) is 0 Å². The molecule has 0 bridgehead atoms. The molecule has 2 aromatic rings. The summed E-state index contributed by atoms with van der Waals surface area (Å²) in [4.78, 5) is 18.8. The quantitative estimate of drug-likeness (QED) is 0.385. The van der Waals surface area contributed by atoms with Crippen LogP contribution in [0.3, 0.4) is 0 Å². The molecule has 0 radical (unpaired) electrons. The molecule has 1 aromatic carbocycles. The van der Waals surface area contributed by atoms with E-state index >= 15 is 0 Å². The first kappa shape index (κ1) is 12.9. The number of amides is 1. The van der Waals surface area contributed by atoms with Gasteiger partial charge in [-0.1, -0.05) is 29.4 Å². The molecule has 0 saturated carbocycles. The van der Waals surface area contributed by atoms with Gasteiger partial charge in [0.1, 0.15) is 5.69 Å². The molecule has 2 rings (SSSR count). The van der Waals surface area contributed by atoms with Crippen molar-refractivity contribution in [2.75, 3.05) is 13.1 Å². The van der Waals surface area contributed by atoms with E-state index in [9.17, 15) is 4.79 Å². The molecule has 0 atom stereocenters. The number of carbonyl (C=O) groups is 1. The van der Waals surface area contributed by atoms with Crippen LogP contribution in [0.25, 0.3) is 21.2 Å². The second kappa shape index (κ2) is 6.37. The van der Waals surface area contributed by atoms with Crippen LogP contribution in [0, 0.1) is 0 Å². The van der Waals surface area contributed by atoms with Gasteiger partial charge in [-0.15, -0.1) is 0 Å². The Morgan fingerprint density at radius 3 is 3.05 bits per heavy atom. The lowest BCUT2D eigenvalue weighted by Crippen LogP contribution is -2.26. The standard InChI is InChI=1S/C13H13N5O/c14-18-17-8-3-7-16-13(19)12-11-5-2-1-4-10(11)6-9-15-12/h1-2,4-6,9H,3,7-8H2,(H,16,19). The monoisotopic (exact) mass is 255 g/mol. The summed E-state index contributed by atoms with van der Waals surface area (Å²) in [5.74, 6) is -0.210. The van der Waals surface area contributed by atoms with Crippen LogP contribution in [-0.4, -0.2) is 24.0 Å². The van der Waals surface area contributed by atoms with Crippen molar-refractivity contribution in [2.24, 2.45) is 5.11 Å². The van der Waals surface area contributed by atoms with Gasteiger partial charge in [-0.3, -0.25) is 9.78 Å². The summed E-state index contributed by atoms with van der Waals surface area (Å²) in [5, 5.41) is 7.98. The van der Waals surface area contributed by atoms with Gasteiger partial charge in [-0.05, 0) is 23.4 Å². The predicted molar refractivity (Wildman–Crippen MR) is 72.7 cm³/mol. The highest BCUT2D eigenvalue weighted by Gasteiger charge is 2.10. The van der Waals surface area contributed by atoms with E-state index in [2.05, 4.69) is 20.3 Å². The summed E-state index contributed by atoms with van der Waals surface area (Å²) < 4.78 is 0. The Labute approximate surface area is 110 Å². The van der Waals surface area contributed by atoms with Crippen molar-refractivity contribution in [1.29, 1.82) is 0 Å². The maximum atomic E-state index is 12.0. The molecule has 6 heteroatoms. The number of nitrogens with one attached hydrogen (secondary N) is 1. The van der Waals surface area contributed by atoms with Crippen LogP contribution in [0.4, 0.5) is 0 Å². The fourth-order valence-corrected chi connectivity index (χ4v) is 1.78. The van der Waals surface area contributed by atoms with Crippen LogP contribution in [0.1, 0.15) is 16.9 Å². The molecule has 19 heavy (non-hydrogen) atoms. The first-order chi connectivity index (χ1) is 9.33. The average Bonchev–Trinajstić information content (AvgIpc) is 2.46. The highest BCUT2D eigenvalue weighted by molar-refractivity contribution is 6.05. The molecule has 1 amide bonds. The van der Waals surface area contributed by atoms with Gasteiger partial charge in [0.2, 0.25) is 0 Å². The second-order valence-corrected chi connectivity index (χ2v) is 3.94. The largest absolute Gasteiger partial charge is 0.351 e. The van der Waals surface area contributed by atoms with Crippen molar-refractivity contribution >= 4 is 16.7 Å². The Balaban J connectivity index is 2.07. The third-order valence-electron chi connectivity index (χ3n) is 2.67.